The molecular weight excluding hydrogens is 449 g/mol. The zero-order valence-electron chi connectivity index (χ0n) is 20.1. The molecule has 3 aromatic rings. The number of fused-ring (bicyclic) bond motifs is 3. The van der Waals surface area contributed by atoms with Crippen LogP contribution in [0.15, 0.2) is 36.4 Å². The number of nitrogens with one attached hydrogen (secondary N) is 1. The Kier molecular flexibility index (Phi) is 6.00. The van der Waals surface area contributed by atoms with E-state index in [1.807, 2.05) is 17.6 Å². The summed E-state index contributed by atoms with van der Waals surface area (Å²) in [5.74, 6) is 0.0223. The Morgan fingerprint density at radius 1 is 1.21 bits per heavy atom. The smallest absolute Gasteiger partial charge is 0.271 e. The van der Waals surface area contributed by atoms with Crippen LogP contribution < -0.4 is 5.32 Å². The van der Waals surface area contributed by atoms with E-state index in [0.717, 1.165) is 42.3 Å². The maximum atomic E-state index is 13.9. The van der Waals surface area contributed by atoms with Crippen LogP contribution in [0.3, 0.4) is 0 Å². The van der Waals surface area contributed by atoms with Crippen molar-refractivity contribution in [2.24, 2.45) is 5.92 Å². The highest BCUT2D eigenvalue weighted by Crippen LogP contribution is 2.37. The summed E-state index contributed by atoms with van der Waals surface area (Å²) in [5, 5.41) is 3.27. The molecule has 2 aliphatic rings. The highest BCUT2D eigenvalue weighted by molar-refractivity contribution is 7.19. The lowest BCUT2D eigenvalue weighted by atomic mass is 9.86. The molecule has 5 nitrogen and oxygen atoms in total. The molecule has 1 atom stereocenters. The largest absolute Gasteiger partial charge is 0.351 e. The van der Waals surface area contributed by atoms with Crippen LogP contribution >= 0.6 is 11.3 Å². The van der Waals surface area contributed by atoms with E-state index in [-0.39, 0.29) is 30.2 Å². The van der Waals surface area contributed by atoms with Gasteiger partial charge in [-0.25, -0.2) is 4.39 Å². The molecule has 0 radical (unpaired) electrons. The zero-order chi connectivity index (χ0) is 24.0. The Morgan fingerprint density at radius 2 is 1.97 bits per heavy atom. The number of carbonyl (C=O) groups is 2. The van der Waals surface area contributed by atoms with Gasteiger partial charge in [-0.2, -0.15) is 0 Å². The van der Waals surface area contributed by atoms with Crippen molar-refractivity contribution in [3.8, 4) is 0 Å². The Hall–Kier alpha value is -2.67. The van der Waals surface area contributed by atoms with Gasteiger partial charge in [0.25, 0.3) is 5.91 Å². The third-order valence-corrected chi connectivity index (χ3v) is 8.80. The van der Waals surface area contributed by atoms with Gasteiger partial charge in [0.15, 0.2) is 0 Å². The van der Waals surface area contributed by atoms with Gasteiger partial charge >= 0.3 is 0 Å². The number of thiophene rings is 1. The van der Waals surface area contributed by atoms with Crippen LogP contribution in [-0.2, 0) is 24.3 Å². The molecule has 5 rings (SSSR count). The number of benzene rings is 1. The topological polar surface area (TPSA) is 54.3 Å². The fourth-order valence-corrected chi connectivity index (χ4v) is 6.42. The molecule has 3 heterocycles. The molecule has 2 aromatic heterocycles. The minimum absolute atomic E-state index is 0.129. The first-order valence-electron chi connectivity index (χ1n) is 12.3. The molecule has 1 aliphatic carbocycles. The average molecular weight is 482 g/mol. The predicted octanol–water partition coefficient (Wildman–Crippen LogP) is 5.51. The molecule has 180 valence electrons. The summed E-state index contributed by atoms with van der Waals surface area (Å²) in [7, 11) is 0. The van der Waals surface area contributed by atoms with Crippen molar-refractivity contribution in [3.05, 3.63) is 58.3 Å². The normalized spacial score (nSPS) is 24.9. The fraction of sp³-hybridized carbons (Fsp3) is 0.481. The van der Waals surface area contributed by atoms with Crippen molar-refractivity contribution in [1.82, 2.24) is 14.8 Å². The Morgan fingerprint density at radius 3 is 2.68 bits per heavy atom. The standard InChI is InChI=1S/C27H32FN3O2S/c1-4-21-13-22-24(34-21)14-23-25(32)31(15-18-6-5-7-19(28)12-18)27(3,16-30(22)23)26(33)29-20-10-8-17(2)9-11-20/h5-7,12-14,17,20H,4,8-11,15-16H2,1-3H3,(H,29,33). The number of aromatic nitrogens is 1. The Balaban J connectivity index is 1.52. The van der Waals surface area contributed by atoms with Crippen LogP contribution in [-0.4, -0.2) is 32.9 Å². The molecule has 1 aliphatic heterocycles. The number of hydrogen-bond acceptors (Lipinski definition) is 3. The van der Waals surface area contributed by atoms with Crippen LogP contribution in [0.4, 0.5) is 4.39 Å². The van der Waals surface area contributed by atoms with Gasteiger partial charge in [0.2, 0.25) is 5.91 Å². The summed E-state index contributed by atoms with van der Waals surface area (Å²) < 4.78 is 17.0. The zero-order valence-corrected chi connectivity index (χ0v) is 20.9. The first kappa shape index (κ1) is 23.1. The molecule has 7 heteroatoms. The van der Waals surface area contributed by atoms with Crippen molar-refractivity contribution < 1.29 is 14.0 Å². The number of amides is 2. The van der Waals surface area contributed by atoms with E-state index >= 15 is 0 Å². The van der Waals surface area contributed by atoms with Gasteiger partial charge in [-0.15, -0.1) is 11.3 Å². The Bertz CT molecular complexity index is 1240. The first-order chi connectivity index (χ1) is 16.3. The quantitative estimate of drug-likeness (QED) is 0.522. The monoisotopic (exact) mass is 481 g/mol. The maximum absolute atomic E-state index is 13.9. The predicted molar refractivity (Wildman–Crippen MR) is 133 cm³/mol. The molecular formula is C27H32FN3O2S. The van der Waals surface area contributed by atoms with Crippen molar-refractivity contribution in [2.75, 3.05) is 0 Å². The summed E-state index contributed by atoms with van der Waals surface area (Å²) in [5.41, 5.74) is 1.20. The summed E-state index contributed by atoms with van der Waals surface area (Å²) in [6.45, 7) is 6.79. The average Bonchev–Trinajstić information content (AvgIpc) is 3.37. The van der Waals surface area contributed by atoms with Gasteiger partial charge < -0.3 is 14.8 Å². The lowest BCUT2D eigenvalue weighted by molar-refractivity contribution is -0.134. The van der Waals surface area contributed by atoms with Gasteiger partial charge in [0.05, 0.1) is 16.8 Å². The third-order valence-electron chi connectivity index (χ3n) is 7.59. The summed E-state index contributed by atoms with van der Waals surface area (Å²) >= 11 is 1.70. The number of nitrogens with zero attached hydrogens (tertiary/aromatic N) is 2. The van der Waals surface area contributed by atoms with E-state index in [1.54, 1.807) is 28.4 Å². The Labute approximate surface area is 203 Å². The second-order valence-electron chi connectivity index (χ2n) is 10.2. The molecule has 1 saturated carbocycles. The second-order valence-corrected chi connectivity index (χ2v) is 11.3. The minimum atomic E-state index is -1.08. The number of carbonyl (C=O) groups excluding carboxylic acids is 2. The highest BCUT2D eigenvalue weighted by Gasteiger charge is 2.48. The lowest BCUT2D eigenvalue weighted by Crippen LogP contribution is -2.64. The highest BCUT2D eigenvalue weighted by atomic mass is 32.1. The summed E-state index contributed by atoms with van der Waals surface area (Å²) in [6, 6.07) is 10.5. The number of halogens is 1. The third kappa shape index (κ3) is 4.04. The molecule has 1 N–H and O–H groups in total. The van der Waals surface area contributed by atoms with Crippen molar-refractivity contribution in [1.29, 1.82) is 0 Å². The van der Waals surface area contributed by atoms with Crippen molar-refractivity contribution in [2.45, 2.75) is 77.5 Å². The first-order valence-corrected chi connectivity index (χ1v) is 13.1. The van der Waals surface area contributed by atoms with Gasteiger partial charge in [0, 0.05) is 17.5 Å². The fourth-order valence-electron chi connectivity index (χ4n) is 5.37. The molecule has 0 bridgehead atoms. The van der Waals surface area contributed by atoms with Crippen LogP contribution in [0.5, 0.6) is 0 Å². The van der Waals surface area contributed by atoms with Crippen molar-refractivity contribution >= 4 is 33.4 Å². The molecule has 1 unspecified atom stereocenters. The molecule has 0 saturated heterocycles. The molecule has 34 heavy (non-hydrogen) atoms. The van der Waals surface area contributed by atoms with E-state index < -0.39 is 5.54 Å². The van der Waals surface area contributed by atoms with Crippen molar-refractivity contribution in [3.63, 3.8) is 0 Å². The summed E-state index contributed by atoms with van der Waals surface area (Å²) in [6.07, 6.45) is 5.07. The summed E-state index contributed by atoms with van der Waals surface area (Å²) in [4.78, 5) is 30.5. The van der Waals surface area contributed by atoms with E-state index in [2.05, 4.69) is 25.2 Å². The number of aryl methyl sites for hydroxylation is 1. The van der Waals surface area contributed by atoms with Crippen LogP contribution in [0, 0.1) is 11.7 Å². The van der Waals surface area contributed by atoms with Crippen LogP contribution in [0.1, 0.15) is 67.4 Å². The lowest BCUT2D eigenvalue weighted by Gasteiger charge is -2.45. The van der Waals surface area contributed by atoms with E-state index in [9.17, 15) is 14.0 Å². The van der Waals surface area contributed by atoms with Crippen LogP contribution in [0.2, 0.25) is 0 Å². The van der Waals surface area contributed by atoms with E-state index in [4.69, 9.17) is 0 Å². The second kappa shape index (κ2) is 8.84. The van der Waals surface area contributed by atoms with Gasteiger partial charge in [-0.05, 0) is 74.8 Å². The SMILES string of the molecule is CCc1cc2c(cc3n2CC(C)(C(=O)NC2CCC(C)CC2)N(Cc2cccc(F)c2)C3=O)s1. The molecule has 0 spiro atoms. The minimum Gasteiger partial charge on any atom is -0.351 e. The molecule has 2 amide bonds. The maximum Gasteiger partial charge on any atom is 0.271 e. The number of rotatable bonds is 5. The van der Waals surface area contributed by atoms with Crippen LogP contribution in [0.25, 0.3) is 10.2 Å². The van der Waals surface area contributed by atoms with Gasteiger partial charge in [0.1, 0.15) is 17.1 Å². The molecule has 1 fully saturated rings. The molecule has 1 aromatic carbocycles. The van der Waals surface area contributed by atoms with E-state index in [1.165, 1.54) is 17.0 Å². The van der Waals surface area contributed by atoms with Gasteiger partial charge in [-0.1, -0.05) is 26.0 Å². The number of hydrogen-bond donors (Lipinski definition) is 1. The van der Waals surface area contributed by atoms with E-state index in [0.29, 0.717) is 23.7 Å². The van der Waals surface area contributed by atoms with Gasteiger partial charge in [-0.3, -0.25) is 9.59 Å².